The molecule has 2 heterocycles. The maximum Gasteiger partial charge on any atom is 0.258 e. The number of hydrogen-bond donors (Lipinski definition) is 2. The average Bonchev–Trinajstić information content (AvgIpc) is 2.47. The Kier molecular flexibility index (Phi) is 3.23. The number of nitrogens with one attached hydrogen (secondary N) is 1. The number of nitrogens with zero attached hydrogens (tertiary/aromatic N) is 2. The Morgan fingerprint density at radius 2 is 2.10 bits per heavy atom. The number of aromatic nitrogens is 2. The van der Waals surface area contributed by atoms with Gasteiger partial charge >= 0.3 is 0 Å². The van der Waals surface area contributed by atoms with Crippen LogP contribution in [0.25, 0.3) is 0 Å². The van der Waals surface area contributed by atoms with E-state index in [9.17, 15) is 10.1 Å². The number of nitriles is 1. The lowest BCUT2D eigenvalue weighted by molar-refractivity contribution is 0.375. The molecular formula is C14H9BrN4O2. The van der Waals surface area contributed by atoms with Gasteiger partial charge < -0.3 is 15.5 Å². The lowest BCUT2D eigenvalue weighted by Gasteiger charge is -2.24. The number of rotatable bonds is 1. The van der Waals surface area contributed by atoms with Gasteiger partial charge in [0.05, 0.1) is 17.8 Å². The third-order valence-electron chi connectivity index (χ3n) is 3.23. The third-order valence-corrected chi connectivity index (χ3v) is 3.75. The molecule has 0 fully saturated rings. The second-order valence-electron chi connectivity index (χ2n) is 4.43. The summed E-state index contributed by atoms with van der Waals surface area (Å²) in [6.07, 6.45) is 1.24. The fourth-order valence-corrected chi connectivity index (χ4v) is 2.55. The molecule has 1 aromatic heterocycles. The first kappa shape index (κ1) is 13.4. The summed E-state index contributed by atoms with van der Waals surface area (Å²) in [4.78, 5) is 18.6. The van der Waals surface area contributed by atoms with E-state index in [0.717, 1.165) is 10.0 Å². The Morgan fingerprint density at radius 3 is 2.76 bits per heavy atom. The molecule has 1 aromatic carbocycles. The van der Waals surface area contributed by atoms with Gasteiger partial charge in [-0.05, 0) is 17.7 Å². The number of benzene rings is 1. The van der Waals surface area contributed by atoms with E-state index in [2.05, 4.69) is 25.9 Å². The van der Waals surface area contributed by atoms with Crippen molar-refractivity contribution in [2.24, 2.45) is 5.73 Å². The second-order valence-corrected chi connectivity index (χ2v) is 5.34. The van der Waals surface area contributed by atoms with Gasteiger partial charge in [0.2, 0.25) is 11.8 Å². The van der Waals surface area contributed by atoms with E-state index in [1.54, 1.807) is 0 Å². The SMILES string of the molecule is N#CC1=C(N)Oc2nc[nH]c(=O)c2[C@H]1c1ccc(Br)cc1. The Morgan fingerprint density at radius 1 is 1.38 bits per heavy atom. The lowest BCUT2D eigenvalue weighted by atomic mass is 9.85. The summed E-state index contributed by atoms with van der Waals surface area (Å²) < 4.78 is 6.18. The minimum Gasteiger partial charge on any atom is -0.422 e. The van der Waals surface area contributed by atoms with E-state index >= 15 is 0 Å². The largest absolute Gasteiger partial charge is 0.422 e. The van der Waals surface area contributed by atoms with E-state index in [-0.39, 0.29) is 28.5 Å². The molecule has 0 bridgehead atoms. The highest BCUT2D eigenvalue weighted by Crippen LogP contribution is 2.38. The van der Waals surface area contributed by atoms with Gasteiger partial charge in [-0.1, -0.05) is 28.1 Å². The first-order valence-electron chi connectivity index (χ1n) is 6.02. The van der Waals surface area contributed by atoms with Crippen molar-refractivity contribution in [3.05, 3.63) is 68.0 Å². The zero-order chi connectivity index (χ0) is 15.0. The van der Waals surface area contributed by atoms with Gasteiger partial charge in [0.25, 0.3) is 5.56 Å². The van der Waals surface area contributed by atoms with E-state index in [1.165, 1.54) is 6.33 Å². The van der Waals surface area contributed by atoms with Gasteiger partial charge in [-0.15, -0.1) is 0 Å². The first-order chi connectivity index (χ1) is 10.1. The van der Waals surface area contributed by atoms with Gasteiger partial charge in [0, 0.05) is 4.47 Å². The summed E-state index contributed by atoms with van der Waals surface area (Å²) in [5.41, 5.74) is 6.68. The van der Waals surface area contributed by atoms with Crippen LogP contribution >= 0.6 is 15.9 Å². The maximum atomic E-state index is 12.1. The highest BCUT2D eigenvalue weighted by atomic mass is 79.9. The lowest BCUT2D eigenvalue weighted by Crippen LogP contribution is -2.28. The molecule has 2 aromatic rings. The predicted molar refractivity (Wildman–Crippen MR) is 78.3 cm³/mol. The van der Waals surface area contributed by atoms with Crippen molar-refractivity contribution in [3.8, 4) is 11.9 Å². The molecule has 0 saturated heterocycles. The van der Waals surface area contributed by atoms with Gasteiger partial charge in [0.1, 0.15) is 11.6 Å². The van der Waals surface area contributed by atoms with Crippen LogP contribution in [0.3, 0.4) is 0 Å². The molecule has 0 amide bonds. The van der Waals surface area contributed by atoms with Crippen LogP contribution in [0.5, 0.6) is 5.88 Å². The van der Waals surface area contributed by atoms with Crippen LogP contribution in [0, 0.1) is 11.3 Å². The van der Waals surface area contributed by atoms with E-state index < -0.39 is 5.92 Å². The summed E-state index contributed by atoms with van der Waals surface area (Å²) in [6.45, 7) is 0. The van der Waals surface area contributed by atoms with Crippen molar-refractivity contribution >= 4 is 15.9 Å². The van der Waals surface area contributed by atoms with Crippen molar-refractivity contribution in [2.75, 3.05) is 0 Å². The molecule has 0 aliphatic carbocycles. The molecule has 0 saturated carbocycles. The molecule has 0 unspecified atom stereocenters. The first-order valence-corrected chi connectivity index (χ1v) is 6.81. The van der Waals surface area contributed by atoms with Crippen molar-refractivity contribution in [1.29, 1.82) is 5.26 Å². The highest BCUT2D eigenvalue weighted by Gasteiger charge is 2.33. The molecule has 3 N–H and O–H groups in total. The fraction of sp³-hybridized carbons (Fsp3) is 0.0714. The standard InChI is InChI=1S/C14H9BrN4O2/c15-8-3-1-7(2-4-8)10-9(5-16)12(17)21-14-11(10)13(20)18-6-19-14/h1-4,6,10H,17H2,(H,18,19,20)/t10-/m0/s1. The van der Waals surface area contributed by atoms with Crippen LogP contribution in [-0.2, 0) is 0 Å². The molecule has 0 spiro atoms. The Hall–Kier alpha value is -2.59. The fourth-order valence-electron chi connectivity index (χ4n) is 2.28. The smallest absolute Gasteiger partial charge is 0.258 e. The van der Waals surface area contributed by atoms with Crippen LogP contribution < -0.4 is 16.0 Å². The van der Waals surface area contributed by atoms with Gasteiger partial charge in [-0.25, -0.2) is 4.98 Å². The van der Waals surface area contributed by atoms with Gasteiger partial charge in [0.15, 0.2) is 0 Å². The zero-order valence-electron chi connectivity index (χ0n) is 10.6. The molecule has 3 rings (SSSR count). The molecule has 0 radical (unpaired) electrons. The normalized spacial score (nSPS) is 16.9. The van der Waals surface area contributed by atoms with Gasteiger partial charge in [-0.2, -0.15) is 5.26 Å². The van der Waals surface area contributed by atoms with Crippen LogP contribution in [-0.4, -0.2) is 9.97 Å². The summed E-state index contributed by atoms with van der Waals surface area (Å²) in [6, 6.07) is 9.33. The number of nitrogens with two attached hydrogens (primary N) is 1. The minimum atomic E-state index is -0.593. The maximum absolute atomic E-state index is 12.1. The number of hydrogen-bond acceptors (Lipinski definition) is 5. The Bertz CT molecular complexity index is 833. The molecule has 104 valence electrons. The number of halogens is 1. The highest BCUT2D eigenvalue weighted by molar-refractivity contribution is 9.10. The number of aromatic amines is 1. The number of ether oxygens (including phenoxy) is 1. The number of allylic oxidation sites excluding steroid dienone is 1. The third kappa shape index (κ3) is 2.19. The average molecular weight is 345 g/mol. The summed E-state index contributed by atoms with van der Waals surface area (Å²) in [5, 5.41) is 9.35. The van der Waals surface area contributed by atoms with E-state index in [4.69, 9.17) is 10.5 Å². The molecule has 6 nitrogen and oxygen atoms in total. The number of H-pyrrole nitrogens is 1. The molecule has 1 aliphatic heterocycles. The topological polar surface area (TPSA) is 105 Å². The van der Waals surface area contributed by atoms with E-state index in [0.29, 0.717) is 0 Å². The molecule has 1 atom stereocenters. The summed E-state index contributed by atoms with van der Waals surface area (Å²) in [5.74, 6) is -0.497. The van der Waals surface area contributed by atoms with Crippen LogP contribution in [0.15, 0.2) is 51.3 Å². The Balaban J connectivity index is 2.28. The van der Waals surface area contributed by atoms with E-state index in [1.807, 2.05) is 30.3 Å². The van der Waals surface area contributed by atoms with Gasteiger partial charge in [-0.3, -0.25) is 4.79 Å². The molecule has 1 aliphatic rings. The second kappa shape index (κ2) is 5.07. The summed E-state index contributed by atoms with van der Waals surface area (Å²) in [7, 11) is 0. The monoisotopic (exact) mass is 344 g/mol. The predicted octanol–water partition coefficient (Wildman–Crippen LogP) is 1.75. The summed E-state index contributed by atoms with van der Waals surface area (Å²) >= 11 is 3.35. The Labute approximate surface area is 128 Å². The quantitative estimate of drug-likeness (QED) is 0.819. The van der Waals surface area contributed by atoms with Crippen LogP contribution in [0.1, 0.15) is 17.0 Å². The minimum absolute atomic E-state index is 0.0315. The number of fused-ring (bicyclic) bond motifs is 1. The van der Waals surface area contributed by atoms with Crippen molar-refractivity contribution in [3.63, 3.8) is 0 Å². The van der Waals surface area contributed by atoms with Crippen LogP contribution in [0.4, 0.5) is 0 Å². The van der Waals surface area contributed by atoms with Crippen LogP contribution in [0.2, 0.25) is 0 Å². The van der Waals surface area contributed by atoms with Crippen molar-refractivity contribution in [1.82, 2.24) is 9.97 Å². The molecular weight excluding hydrogens is 336 g/mol. The zero-order valence-corrected chi connectivity index (χ0v) is 12.2. The molecule has 7 heteroatoms. The van der Waals surface area contributed by atoms with Crippen molar-refractivity contribution in [2.45, 2.75) is 5.92 Å². The molecule has 21 heavy (non-hydrogen) atoms. The van der Waals surface area contributed by atoms with Crippen molar-refractivity contribution < 1.29 is 4.74 Å².